The fraction of sp³-hybridized carbons (Fsp3) is 0.500. The van der Waals surface area contributed by atoms with Gasteiger partial charge in [0, 0.05) is 31.1 Å². The summed E-state index contributed by atoms with van der Waals surface area (Å²) in [6.07, 6.45) is 4.15. The van der Waals surface area contributed by atoms with Gasteiger partial charge in [0.15, 0.2) is 0 Å². The van der Waals surface area contributed by atoms with E-state index in [1.165, 1.54) is 0 Å². The first kappa shape index (κ1) is 15.2. The van der Waals surface area contributed by atoms with Crippen LogP contribution in [0.1, 0.15) is 12.1 Å². The van der Waals surface area contributed by atoms with Crippen LogP contribution >= 0.6 is 0 Å². The Hall–Kier alpha value is -2.32. The summed E-state index contributed by atoms with van der Waals surface area (Å²) < 4.78 is 13.0. The lowest BCUT2D eigenvalue weighted by Gasteiger charge is -2.24. The number of nitrogens with one attached hydrogen (secondary N) is 1. The summed E-state index contributed by atoms with van der Waals surface area (Å²) in [5, 5.41) is 11.4. The van der Waals surface area contributed by atoms with Gasteiger partial charge >= 0.3 is 0 Å². The summed E-state index contributed by atoms with van der Waals surface area (Å²) in [5.74, 6) is 0.00627. The minimum atomic E-state index is -0.101. The van der Waals surface area contributed by atoms with E-state index in [0.29, 0.717) is 32.9 Å². The lowest BCUT2D eigenvalue weighted by atomic mass is 10.1. The molecule has 2 aromatic rings. The van der Waals surface area contributed by atoms with Crippen molar-refractivity contribution >= 4 is 5.91 Å². The minimum absolute atomic E-state index is 0.0335. The number of amides is 1. The zero-order valence-corrected chi connectivity index (χ0v) is 13.2. The van der Waals surface area contributed by atoms with Crippen LogP contribution in [0.2, 0.25) is 0 Å². The largest absolute Gasteiger partial charge is 0.381 e. The number of nitrogens with zero attached hydrogens (tertiary/aromatic N) is 4. The molecule has 0 saturated carbocycles. The summed E-state index contributed by atoms with van der Waals surface area (Å²) in [6, 6.07) is 3.81. The van der Waals surface area contributed by atoms with E-state index >= 15 is 0 Å². The highest BCUT2D eigenvalue weighted by Crippen LogP contribution is 2.24. The Balaban J connectivity index is 1.38. The molecule has 4 rings (SSSR count). The van der Waals surface area contributed by atoms with Crippen LogP contribution in [0, 0.1) is 5.92 Å². The van der Waals surface area contributed by atoms with Gasteiger partial charge in [-0.2, -0.15) is 0 Å². The zero-order chi connectivity index (χ0) is 16.4. The lowest BCUT2D eigenvalue weighted by Crippen LogP contribution is -2.41. The summed E-state index contributed by atoms with van der Waals surface area (Å²) in [4.78, 5) is 16.1. The Kier molecular flexibility index (Phi) is 4.22. The zero-order valence-electron chi connectivity index (χ0n) is 13.2. The molecule has 2 unspecified atom stereocenters. The van der Waals surface area contributed by atoms with Gasteiger partial charge in [0.05, 0.1) is 37.5 Å². The van der Waals surface area contributed by atoms with Gasteiger partial charge in [-0.25, -0.2) is 4.68 Å². The third kappa shape index (κ3) is 3.02. The first-order chi connectivity index (χ1) is 11.8. The number of pyridine rings is 1. The van der Waals surface area contributed by atoms with Gasteiger partial charge in [-0.05, 0) is 18.6 Å². The fourth-order valence-corrected chi connectivity index (χ4v) is 3.02. The number of carbonyl (C=O) groups excluding carboxylic acids is 1. The van der Waals surface area contributed by atoms with Crippen molar-refractivity contribution in [1.82, 2.24) is 25.3 Å². The normalized spacial score (nSPS) is 23.0. The molecule has 2 aliphatic heterocycles. The molecule has 4 heterocycles. The number of hydrogen-bond donors (Lipinski definition) is 1. The number of ether oxygens (including phenoxy) is 2. The van der Waals surface area contributed by atoms with Gasteiger partial charge in [0.1, 0.15) is 5.69 Å². The Morgan fingerprint density at radius 3 is 3.04 bits per heavy atom. The van der Waals surface area contributed by atoms with Crippen molar-refractivity contribution in [1.29, 1.82) is 0 Å². The molecule has 0 spiro atoms. The van der Waals surface area contributed by atoms with Gasteiger partial charge in [0.2, 0.25) is 5.91 Å². The highest BCUT2D eigenvalue weighted by atomic mass is 16.5. The van der Waals surface area contributed by atoms with E-state index < -0.39 is 0 Å². The predicted molar refractivity (Wildman–Crippen MR) is 83.8 cm³/mol. The van der Waals surface area contributed by atoms with E-state index in [0.717, 1.165) is 23.4 Å². The highest BCUT2D eigenvalue weighted by Gasteiger charge is 2.27. The van der Waals surface area contributed by atoms with Crippen molar-refractivity contribution in [3.8, 4) is 11.3 Å². The summed E-state index contributed by atoms with van der Waals surface area (Å²) in [7, 11) is 0. The molecule has 2 aromatic heterocycles. The van der Waals surface area contributed by atoms with Gasteiger partial charge < -0.3 is 14.8 Å². The Morgan fingerprint density at radius 1 is 1.38 bits per heavy atom. The van der Waals surface area contributed by atoms with E-state index in [2.05, 4.69) is 20.6 Å². The van der Waals surface area contributed by atoms with E-state index in [1.807, 2.05) is 16.8 Å². The van der Waals surface area contributed by atoms with Gasteiger partial charge in [-0.15, -0.1) is 5.10 Å². The van der Waals surface area contributed by atoms with Crippen molar-refractivity contribution in [2.24, 2.45) is 5.92 Å². The van der Waals surface area contributed by atoms with E-state index in [4.69, 9.17) is 9.47 Å². The molecule has 0 bridgehead atoms. The summed E-state index contributed by atoms with van der Waals surface area (Å²) >= 11 is 0. The quantitative estimate of drug-likeness (QED) is 0.873. The number of rotatable bonds is 4. The van der Waals surface area contributed by atoms with Crippen LogP contribution < -0.4 is 5.32 Å². The molecule has 8 heteroatoms. The number of carbonyl (C=O) groups is 1. The first-order valence-electron chi connectivity index (χ1n) is 8.11. The maximum Gasteiger partial charge on any atom is 0.225 e. The second-order valence-electron chi connectivity index (χ2n) is 6.04. The van der Waals surface area contributed by atoms with Crippen molar-refractivity contribution in [2.75, 3.05) is 19.8 Å². The SMILES string of the molecule is O=C(NCC1Cn2nnc(-c3ccncc3)c2CO1)C1CCOC1. The topological polar surface area (TPSA) is 91.2 Å². The molecule has 0 radical (unpaired) electrons. The second kappa shape index (κ2) is 6.66. The second-order valence-corrected chi connectivity index (χ2v) is 6.04. The molecule has 1 saturated heterocycles. The predicted octanol–water partition coefficient (Wildman–Crippen LogP) is 0.392. The van der Waals surface area contributed by atoms with Crippen molar-refractivity contribution in [2.45, 2.75) is 25.7 Å². The van der Waals surface area contributed by atoms with Crippen molar-refractivity contribution < 1.29 is 14.3 Å². The molecule has 0 aliphatic carbocycles. The van der Waals surface area contributed by atoms with E-state index in [1.54, 1.807) is 12.4 Å². The lowest BCUT2D eigenvalue weighted by molar-refractivity contribution is -0.126. The maximum absolute atomic E-state index is 12.0. The van der Waals surface area contributed by atoms with Gasteiger partial charge in [-0.1, -0.05) is 5.21 Å². The van der Waals surface area contributed by atoms with Gasteiger partial charge in [0.25, 0.3) is 0 Å². The van der Waals surface area contributed by atoms with E-state index in [9.17, 15) is 4.79 Å². The van der Waals surface area contributed by atoms with Crippen LogP contribution in [-0.4, -0.2) is 51.7 Å². The summed E-state index contributed by atoms with van der Waals surface area (Å²) in [5.41, 5.74) is 2.75. The molecule has 2 aliphatic rings. The van der Waals surface area contributed by atoms with Crippen molar-refractivity contribution in [3.63, 3.8) is 0 Å². The monoisotopic (exact) mass is 329 g/mol. The Bertz CT molecular complexity index is 712. The average Bonchev–Trinajstić information content (AvgIpc) is 3.30. The van der Waals surface area contributed by atoms with Crippen LogP contribution in [0.3, 0.4) is 0 Å². The van der Waals surface area contributed by atoms with Crippen LogP contribution in [0.15, 0.2) is 24.5 Å². The fourth-order valence-electron chi connectivity index (χ4n) is 3.02. The third-order valence-electron chi connectivity index (χ3n) is 4.43. The maximum atomic E-state index is 12.0. The number of hydrogen-bond acceptors (Lipinski definition) is 6. The molecule has 0 aromatic carbocycles. The van der Waals surface area contributed by atoms with Crippen LogP contribution in [0.4, 0.5) is 0 Å². The van der Waals surface area contributed by atoms with E-state index in [-0.39, 0.29) is 17.9 Å². The summed E-state index contributed by atoms with van der Waals surface area (Å²) in [6.45, 7) is 2.66. The molecule has 2 atom stereocenters. The molecule has 1 fully saturated rings. The standard InChI is InChI=1S/C16H19N5O3/c22-16(12-3-6-23-9-12)18-7-13-8-21-14(10-24-13)15(19-20-21)11-1-4-17-5-2-11/h1-2,4-5,12-13H,3,6-10H2,(H,18,22). The number of aromatic nitrogens is 4. The van der Waals surface area contributed by atoms with Crippen LogP contribution in [0.5, 0.6) is 0 Å². The number of fused-ring (bicyclic) bond motifs is 1. The highest BCUT2D eigenvalue weighted by molar-refractivity contribution is 5.79. The smallest absolute Gasteiger partial charge is 0.225 e. The molecule has 1 N–H and O–H groups in total. The molecule has 24 heavy (non-hydrogen) atoms. The van der Waals surface area contributed by atoms with Gasteiger partial charge in [-0.3, -0.25) is 9.78 Å². The van der Waals surface area contributed by atoms with Crippen molar-refractivity contribution in [3.05, 3.63) is 30.2 Å². The first-order valence-corrected chi connectivity index (χ1v) is 8.11. The Labute approximate surface area is 139 Å². The Morgan fingerprint density at radius 2 is 2.25 bits per heavy atom. The molecule has 8 nitrogen and oxygen atoms in total. The average molecular weight is 329 g/mol. The minimum Gasteiger partial charge on any atom is -0.381 e. The molecular weight excluding hydrogens is 310 g/mol. The van der Waals surface area contributed by atoms with Crippen LogP contribution in [0.25, 0.3) is 11.3 Å². The van der Waals surface area contributed by atoms with Crippen LogP contribution in [-0.2, 0) is 27.4 Å². The third-order valence-corrected chi connectivity index (χ3v) is 4.43. The molecule has 126 valence electrons. The molecular formula is C16H19N5O3. The molecule has 1 amide bonds.